The van der Waals surface area contributed by atoms with E-state index in [1.54, 1.807) is 0 Å². The fourth-order valence-electron chi connectivity index (χ4n) is 9.23. The van der Waals surface area contributed by atoms with Crippen molar-refractivity contribution in [3.8, 4) is 0 Å². The van der Waals surface area contributed by atoms with Gasteiger partial charge >= 0.3 is 11.9 Å². The summed E-state index contributed by atoms with van der Waals surface area (Å²) < 4.78 is 10.7. The number of hydrogen-bond acceptors (Lipinski definition) is 5. The SMILES string of the molecule is CC/C=C\C/C=C\C/C=C\C/C=C\C/C=C\CCCCCCCC(=O)OC(CO)COC(=O)CCCCCCCCCCCCCCCCCCCCCCCCCCCCCCCCCCCCC. The van der Waals surface area contributed by atoms with Crippen LogP contribution in [0.15, 0.2) is 60.8 Å². The lowest BCUT2D eigenvalue weighted by Crippen LogP contribution is -2.28. The molecule has 70 heavy (non-hydrogen) atoms. The van der Waals surface area contributed by atoms with Gasteiger partial charge in [0.1, 0.15) is 6.61 Å². The molecule has 0 radical (unpaired) electrons. The molecule has 0 fully saturated rings. The van der Waals surface area contributed by atoms with Crippen LogP contribution in [0.5, 0.6) is 0 Å². The maximum atomic E-state index is 12.3. The third-order valence-corrected chi connectivity index (χ3v) is 13.8. The molecule has 0 saturated heterocycles. The summed E-state index contributed by atoms with van der Waals surface area (Å²) >= 11 is 0. The maximum absolute atomic E-state index is 12.3. The number of hydrogen-bond donors (Lipinski definition) is 1. The Hall–Kier alpha value is -2.40. The number of esters is 2. The Bertz CT molecular complexity index is 1200. The second-order valence-electron chi connectivity index (χ2n) is 20.8. The van der Waals surface area contributed by atoms with Crippen LogP contribution in [0.25, 0.3) is 0 Å². The van der Waals surface area contributed by atoms with Gasteiger partial charge in [0, 0.05) is 12.8 Å². The van der Waals surface area contributed by atoms with E-state index in [-0.39, 0.29) is 25.2 Å². The molecule has 0 aliphatic carbocycles. The number of aliphatic hydroxyl groups excluding tert-OH is 1. The third kappa shape index (κ3) is 58.2. The standard InChI is InChI=1S/C65H118O5/c1-3-5-7-9-11-13-15-17-19-21-23-25-26-27-28-29-30-31-32-33-34-35-36-37-38-40-41-43-45-47-49-51-53-55-57-59-64(67)69-62-63(61-66)70-65(68)60-58-56-54-52-50-48-46-44-42-39-24-22-20-18-16-14-12-10-8-6-4-2/h6,8,12,14,18,20,24,39,44,46,63,66H,3-5,7,9-11,13,15-17,19,21-23,25-38,40-43,45,47-62H2,1-2H3/b8-6-,14-12-,20-18-,39-24-,46-44-. The average molecular weight is 980 g/mol. The third-order valence-electron chi connectivity index (χ3n) is 13.8. The zero-order valence-corrected chi connectivity index (χ0v) is 46.8. The first-order chi connectivity index (χ1) is 34.6. The van der Waals surface area contributed by atoms with Crippen molar-refractivity contribution in [2.45, 2.75) is 328 Å². The van der Waals surface area contributed by atoms with Gasteiger partial charge in [0.2, 0.25) is 0 Å². The minimum absolute atomic E-state index is 0.0729. The molecule has 1 N–H and O–H groups in total. The summed E-state index contributed by atoms with van der Waals surface area (Å²) in [6.07, 6.45) is 82.3. The molecule has 0 spiro atoms. The number of aliphatic hydroxyl groups is 1. The highest BCUT2D eigenvalue weighted by atomic mass is 16.6. The van der Waals surface area contributed by atoms with Gasteiger partial charge in [-0.2, -0.15) is 0 Å². The maximum Gasteiger partial charge on any atom is 0.306 e. The van der Waals surface area contributed by atoms with E-state index in [1.165, 1.54) is 205 Å². The molecule has 0 aliphatic rings. The summed E-state index contributed by atoms with van der Waals surface area (Å²) in [5, 5.41) is 9.66. The van der Waals surface area contributed by atoms with Crippen molar-refractivity contribution in [2.24, 2.45) is 0 Å². The van der Waals surface area contributed by atoms with Crippen molar-refractivity contribution in [1.29, 1.82) is 0 Å². The summed E-state index contributed by atoms with van der Waals surface area (Å²) in [5.41, 5.74) is 0. The van der Waals surface area contributed by atoms with Gasteiger partial charge in [0.25, 0.3) is 0 Å². The minimum Gasteiger partial charge on any atom is -0.462 e. The molecule has 0 rings (SSSR count). The zero-order valence-electron chi connectivity index (χ0n) is 46.8. The zero-order chi connectivity index (χ0) is 50.6. The van der Waals surface area contributed by atoms with Crippen LogP contribution in [-0.2, 0) is 19.1 Å². The fraction of sp³-hybridized carbons (Fsp3) is 0.815. The molecule has 0 aliphatic heterocycles. The molecule has 5 heteroatoms. The molecule has 0 aromatic heterocycles. The highest BCUT2D eigenvalue weighted by Gasteiger charge is 2.16. The normalized spacial score (nSPS) is 12.6. The second kappa shape index (κ2) is 60.9. The van der Waals surface area contributed by atoms with Crippen LogP contribution in [0.1, 0.15) is 322 Å². The first-order valence-corrected chi connectivity index (χ1v) is 30.8. The molecule has 0 heterocycles. The van der Waals surface area contributed by atoms with Crippen molar-refractivity contribution in [1.82, 2.24) is 0 Å². The predicted octanol–water partition coefficient (Wildman–Crippen LogP) is 21.0. The molecule has 408 valence electrons. The van der Waals surface area contributed by atoms with Crippen LogP contribution in [-0.4, -0.2) is 36.4 Å². The predicted molar refractivity (Wildman–Crippen MR) is 307 cm³/mol. The quantitative estimate of drug-likeness (QED) is 0.0373. The van der Waals surface area contributed by atoms with E-state index in [9.17, 15) is 14.7 Å². The van der Waals surface area contributed by atoms with Crippen LogP contribution in [0.2, 0.25) is 0 Å². The summed E-state index contributed by atoms with van der Waals surface area (Å²) in [6.45, 7) is 4.05. The number of ether oxygens (including phenoxy) is 2. The van der Waals surface area contributed by atoms with Gasteiger partial charge in [-0.05, 0) is 57.8 Å². The van der Waals surface area contributed by atoms with Crippen LogP contribution in [0.4, 0.5) is 0 Å². The van der Waals surface area contributed by atoms with E-state index >= 15 is 0 Å². The summed E-state index contributed by atoms with van der Waals surface area (Å²) in [5.74, 6) is -0.601. The molecular weight excluding hydrogens is 861 g/mol. The van der Waals surface area contributed by atoms with Crippen molar-refractivity contribution in [3.05, 3.63) is 60.8 Å². The Balaban J connectivity index is 3.42. The number of carbonyl (C=O) groups is 2. The molecule has 1 atom stereocenters. The van der Waals surface area contributed by atoms with Crippen molar-refractivity contribution in [3.63, 3.8) is 0 Å². The Morgan fingerprint density at radius 3 is 0.929 bits per heavy atom. The topological polar surface area (TPSA) is 72.8 Å². The Kier molecular flexibility index (Phi) is 58.8. The van der Waals surface area contributed by atoms with Gasteiger partial charge in [-0.25, -0.2) is 0 Å². The molecular formula is C65H118O5. The monoisotopic (exact) mass is 979 g/mol. The summed E-state index contributed by atoms with van der Waals surface area (Å²) in [7, 11) is 0. The second-order valence-corrected chi connectivity index (χ2v) is 20.8. The lowest BCUT2D eigenvalue weighted by Gasteiger charge is -2.15. The number of unbranched alkanes of at least 4 members (excludes halogenated alkanes) is 39. The highest BCUT2D eigenvalue weighted by Crippen LogP contribution is 2.18. The fourth-order valence-corrected chi connectivity index (χ4v) is 9.23. The van der Waals surface area contributed by atoms with Gasteiger partial charge in [0.15, 0.2) is 6.10 Å². The van der Waals surface area contributed by atoms with Crippen LogP contribution in [0.3, 0.4) is 0 Å². The molecule has 0 aromatic carbocycles. The average Bonchev–Trinajstić information content (AvgIpc) is 3.36. The van der Waals surface area contributed by atoms with Gasteiger partial charge in [-0.15, -0.1) is 0 Å². The van der Waals surface area contributed by atoms with Gasteiger partial charge < -0.3 is 14.6 Å². The Labute approximate surface area is 436 Å². The van der Waals surface area contributed by atoms with Crippen LogP contribution in [0, 0.1) is 0 Å². The van der Waals surface area contributed by atoms with E-state index in [4.69, 9.17) is 9.47 Å². The van der Waals surface area contributed by atoms with E-state index in [0.717, 1.165) is 89.9 Å². The van der Waals surface area contributed by atoms with E-state index in [2.05, 4.69) is 74.6 Å². The summed E-state index contributed by atoms with van der Waals surface area (Å²) in [6, 6.07) is 0. The van der Waals surface area contributed by atoms with E-state index in [0.29, 0.717) is 12.8 Å². The number of allylic oxidation sites excluding steroid dienone is 10. The molecule has 5 nitrogen and oxygen atoms in total. The molecule has 0 aromatic rings. The molecule has 1 unspecified atom stereocenters. The Morgan fingerprint density at radius 2 is 0.614 bits per heavy atom. The van der Waals surface area contributed by atoms with Crippen LogP contribution < -0.4 is 0 Å². The van der Waals surface area contributed by atoms with E-state index < -0.39 is 6.10 Å². The van der Waals surface area contributed by atoms with Gasteiger partial charge in [-0.3, -0.25) is 9.59 Å². The van der Waals surface area contributed by atoms with Gasteiger partial charge in [0.05, 0.1) is 6.61 Å². The van der Waals surface area contributed by atoms with Gasteiger partial charge in [-0.1, -0.05) is 312 Å². The largest absolute Gasteiger partial charge is 0.462 e. The molecule has 0 amide bonds. The highest BCUT2D eigenvalue weighted by molar-refractivity contribution is 5.70. The number of rotatable bonds is 57. The molecule has 0 bridgehead atoms. The minimum atomic E-state index is -0.784. The smallest absolute Gasteiger partial charge is 0.306 e. The number of carbonyl (C=O) groups excluding carboxylic acids is 2. The van der Waals surface area contributed by atoms with Crippen molar-refractivity contribution >= 4 is 11.9 Å². The van der Waals surface area contributed by atoms with E-state index in [1.807, 2.05) is 0 Å². The first kappa shape index (κ1) is 67.6. The van der Waals surface area contributed by atoms with Crippen molar-refractivity contribution in [2.75, 3.05) is 13.2 Å². The lowest BCUT2D eigenvalue weighted by molar-refractivity contribution is -0.161. The summed E-state index contributed by atoms with van der Waals surface area (Å²) in [4.78, 5) is 24.5. The van der Waals surface area contributed by atoms with Crippen LogP contribution >= 0.6 is 0 Å². The van der Waals surface area contributed by atoms with Crippen molar-refractivity contribution < 1.29 is 24.2 Å². The Morgan fingerprint density at radius 1 is 0.343 bits per heavy atom. The lowest BCUT2D eigenvalue weighted by atomic mass is 10.0. The molecule has 0 saturated carbocycles. The first-order valence-electron chi connectivity index (χ1n) is 30.8.